The van der Waals surface area contributed by atoms with Crippen molar-refractivity contribution < 1.29 is 4.74 Å². The number of pyridine rings is 1. The second-order valence-electron chi connectivity index (χ2n) is 6.06. The van der Waals surface area contributed by atoms with Crippen LogP contribution in [-0.4, -0.2) is 11.6 Å². The summed E-state index contributed by atoms with van der Waals surface area (Å²) in [5.74, 6) is 2.31. The lowest BCUT2D eigenvalue weighted by molar-refractivity contribution is 0.271. The number of nitrogens with two attached hydrogens (primary N) is 1. The third-order valence-electron chi connectivity index (χ3n) is 4.44. The van der Waals surface area contributed by atoms with Crippen LogP contribution >= 0.6 is 0 Å². The lowest BCUT2D eigenvalue weighted by Crippen LogP contribution is -2.08. The second-order valence-corrected chi connectivity index (χ2v) is 6.06. The standard InChI is InChI=1S/C18H24N2O/c19-17-12-11-15-9-4-10-16(18(15)20-17)21-13-5-8-14-6-2-1-3-7-14/h4,9-12,14H,1-3,5-8,13H2,(H2,19,20). The smallest absolute Gasteiger partial charge is 0.145 e. The van der Waals surface area contributed by atoms with E-state index in [1.165, 1.54) is 38.5 Å². The Morgan fingerprint density at radius 2 is 1.95 bits per heavy atom. The number of rotatable bonds is 5. The maximum atomic E-state index is 5.95. The van der Waals surface area contributed by atoms with Gasteiger partial charge in [-0.3, -0.25) is 0 Å². The van der Waals surface area contributed by atoms with Gasteiger partial charge in [0, 0.05) is 5.39 Å². The van der Waals surface area contributed by atoms with Gasteiger partial charge in [0.2, 0.25) is 0 Å². The molecule has 1 aliphatic rings. The minimum Gasteiger partial charge on any atom is -0.491 e. The normalized spacial score (nSPS) is 16.2. The van der Waals surface area contributed by atoms with E-state index in [1.807, 2.05) is 30.3 Å². The number of para-hydroxylation sites is 1. The summed E-state index contributed by atoms with van der Waals surface area (Å²) in [5.41, 5.74) is 6.65. The van der Waals surface area contributed by atoms with Gasteiger partial charge in [-0.15, -0.1) is 0 Å². The molecule has 21 heavy (non-hydrogen) atoms. The van der Waals surface area contributed by atoms with E-state index in [-0.39, 0.29) is 0 Å². The number of benzene rings is 1. The zero-order valence-corrected chi connectivity index (χ0v) is 12.6. The fraction of sp³-hybridized carbons (Fsp3) is 0.500. The summed E-state index contributed by atoms with van der Waals surface area (Å²) in [6, 6.07) is 9.85. The van der Waals surface area contributed by atoms with Crippen LogP contribution in [0.25, 0.3) is 10.9 Å². The highest BCUT2D eigenvalue weighted by Crippen LogP contribution is 2.28. The molecular formula is C18H24N2O. The minimum absolute atomic E-state index is 0.542. The van der Waals surface area contributed by atoms with Crippen molar-refractivity contribution in [1.82, 2.24) is 4.98 Å². The fourth-order valence-electron chi connectivity index (χ4n) is 3.28. The van der Waals surface area contributed by atoms with E-state index in [9.17, 15) is 0 Å². The number of aromatic nitrogens is 1. The average molecular weight is 284 g/mol. The molecule has 1 saturated carbocycles. The molecule has 1 fully saturated rings. The van der Waals surface area contributed by atoms with Gasteiger partial charge in [0.05, 0.1) is 6.61 Å². The number of nitrogens with zero attached hydrogens (tertiary/aromatic N) is 1. The first-order valence-electron chi connectivity index (χ1n) is 8.11. The van der Waals surface area contributed by atoms with Gasteiger partial charge in [-0.1, -0.05) is 44.2 Å². The molecular weight excluding hydrogens is 260 g/mol. The Kier molecular flexibility index (Phi) is 4.59. The molecule has 1 aromatic heterocycles. The Balaban J connectivity index is 1.56. The van der Waals surface area contributed by atoms with Gasteiger partial charge in [-0.25, -0.2) is 4.98 Å². The van der Waals surface area contributed by atoms with Gasteiger partial charge >= 0.3 is 0 Å². The van der Waals surface area contributed by atoms with Crippen LogP contribution in [0, 0.1) is 5.92 Å². The number of fused-ring (bicyclic) bond motifs is 1. The summed E-state index contributed by atoms with van der Waals surface area (Å²) in [7, 11) is 0. The van der Waals surface area contributed by atoms with Crippen molar-refractivity contribution >= 4 is 16.7 Å². The predicted octanol–water partition coefficient (Wildman–Crippen LogP) is 4.56. The number of ether oxygens (including phenoxy) is 1. The Morgan fingerprint density at radius 3 is 2.81 bits per heavy atom. The highest BCUT2D eigenvalue weighted by Gasteiger charge is 2.13. The first-order chi connectivity index (χ1) is 10.3. The summed E-state index contributed by atoms with van der Waals surface area (Å²) < 4.78 is 5.95. The molecule has 0 spiro atoms. The number of nitrogen functional groups attached to an aromatic ring is 1. The zero-order valence-electron chi connectivity index (χ0n) is 12.6. The van der Waals surface area contributed by atoms with Crippen LogP contribution in [0.15, 0.2) is 30.3 Å². The zero-order chi connectivity index (χ0) is 14.5. The van der Waals surface area contributed by atoms with Crippen molar-refractivity contribution in [3.05, 3.63) is 30.3 Å². The molecule has 112 valence electrons. The van der Waals surface area contributed by atoms with Gasteiger partial charge in [0.25, 0.3) is 0 Å². The molecule has 1 aromatic carbocycles. The maximum Gasteiger partial charge on any atom is 0.145 e. The van der Waals surface area contributed by atoms with Gasteiger partial charge < -0.3 is 10.5 Å². The third kappa shape index (κ3) is 3.66. The quantitative estimate of drug-likeness (QED) is 0.819. The van der Waals surface area contributed by atoms with E-state index in [0.29, 0.717) is 5.82 Å². The third-order valence-corrected chi connectivity index (χ3v) is 4.44. The molecule has 2 N–H and O–H groups in total. The van der Waals surface area contributed by atoms with Crippen LogP contribution in [0.2, 0.25) is 0 Å². The van der Waals surface area contributed by atoms with Crippen molar-refractivity contribution in [3.8, 4) is 5.75 Å². The SMILES string of the molecule is Nc1ccc2cccc(OCCCC3CCCCC3)c2n1. The molecule has 3 nitrogen and oxygen atoms in total. The van der Waals surface area contributed by atoms with Crippen LogP contribution in [0.4, 0.5) is 5.82 Å². The molecule has 0 amide bonds. The minimum atomic E-state index is 0.542. The van der Waals surface area contributed by atoms with Crippen LogP contribution < -0.4 is 10.5 Å². The van der Waals surface area contributed by atoms with Crippen LogP contribution in [0.3, 0.4) is 0 Å². The summed E-state index contributed by atoms with van der Waals surface area (Å²) in [6.45, 7) is 0.770. The Morgan fingerprint density at radius 1 is 1.10 bits per heavy atom. The molecule has 1 aliphatic carbocycles. The molecule has 2 aromatic rings. The molecule has 3 heteroatoms. The lowest BCUT2D eigenvalue weighted by Gasteiger charge is -2.21. The largest absolute Gasteiger partial charge is 0.491 e. The monoisotopic (exact) mass is 284 g/mol. The number of hydrogen-bond acceptors (Lipinski definition) is 3. The topological polar surface area (TPSA) is 48.1 Å². The van der Waals surface area contributed by atoms with Gasteiger partial charge in [-0.05, 0) is 37.0 Å². The van der Waals surface area contributed by atoms with Crippen molar-refractivity contribution in [2.75, 3.05) is 12.3 Å². The Labute approximate surface area is 126 Å². The number of hydrogen-bond donors (Lipinski definition) is 1. The van der Waals surface area contributed by atoms with Gasteiger partial charge in [0.15, 0.2) is 0 Å². The van der Waals surface area contributed by atoms with E-state index >= 15 is 0 Å². The van der Waals surface area contributed by atoms with Gasteiger partial charge in [-0.2, -0.15) is 0 Å². The highest BCUT2D eigenvalue weighted by molar-refractivity contribution is 5.85. The molecule has 0 atom stereocenters. The van der Waals surface area contributed by atoms with Crippen molar-refractivity contribution in [2.45, 2.75) is 44.9 Å². The van der Waals surface area contributed by atoms with Crippen LogP contribution in [0.5, 0.6) is 5.75 Å². The van der Waals surface area contributed by atoms with E-state index in [2.05, 4.69) is 4.98 Å². The summed E-state index contributed by atoms with van der Waals surface area (Å²) >= 11 is 0. The molecule has 0 saturated heterocycles. The van der Waals surface area contributed by atoms with E-state index < -0.39 is 0 Å². The van der Waals surface area contributed by atoms with Crippen LogP contribution in [-0.2, 0) is 0 Å². The van der Waals surface area contributed by atoms with E-state index in [0.717, 1.165) is 35.6 Å². The maximum absolute atomic E-state index is 5.95. The average Bonchev–Trinajstić information content (AvgIpc) is 2.53. The second kappa shape index (κ2) is 6.79. The summed E-state index contributed by atoms with van der Waals surface area (Å²) in [6.07, 6.45) is 9.49. The van der Waals surface area contributed by atoms with Crippen molar-refractivity contribution in [1.29, 1.82) is 0 Å². The summed E-state index contributed by atoms with van der Waals surface area (Å²) in [5, 5.41) is 1.08. The molecule has 0 aliphatic heterocycles. The molecule has 0 unspecified atom stereocenters. The van der Waals surface area contributed by atoms with E-state index in [4.69, 9.17) is 10.5 Å². The number of anilines is 1. The van der Waals surface area contributed by atoms with Crippen LogP contribution in [0.1, 0.15) is 44.9 Å². The lowest BCUT2D eigenvalue weighted by atomic mass is 9.86. The molecule has 0 bridgehead atoms. The summed E-state index contributed by atoms with van der Waals surface area (Å²) in [4.78, 5) is 4.40. The fourth-order valence-corrected chi connectivity index (χ4v) is 3.28. The van der Waals surface area contributed by atoms with E-state index in [1.54, 1.807) is 0 Å². The van der Waals surface area contributed by atoms with Gasteiger partial charge in [0.1, 0.15) is 17.1 Å². The first-order valence-corrected chi connectivity index (χ1v) is 8.11. The van der Waals surface area contributed by atoms with Crippen molar-refractivity contribution in [2.24, 2.45) is 5.92 Å². The van der Waals surface area contributed by atoms with Crippen molar-refractivity contribution in [3.63, 3.8) is 0 Å². The molecule has 3 rings (SSSR count). The molecule has 1 heterocycles. The predicted molar refractivity (Wildman–Crippen MR) is 87.5 cm³/mol. The highest BCUT2D eigenvalue weighted by atomic mass is 16.5. The molecule has 0 radical (unpaired) electrons. The Hall–Kier alpha value is -1.77. The Bertz CT molecular complexity index is 591. The first kappa shape index (κ1) is 14.2.